The molecule has 2 atom stereocenters. The Hall–Kier alpha value is -2.70. The van der Waals surface area contributed by atoms with E-state index in [-0.39, 0.29) is 37.9 Å². The van der Waals surface area contributed by atoms with E-state index >= 15 is 0 Å². The first-order valence-corrected chi connectivity index (χ1v) is 9.09. The Balaban J connectivity index is 2.31. The third kappa shape index (κ3) is 4.93. The summed E-state index contributed by atoms with van der Waals surface area (Å²) >= 11 is 0. The van der Waals surface area contributed by atoms with Crippen LogP contribution in [-0.4, -0.2) is 48.4 Å². The summed E-state index contributed by atoms with van der Waals surface area (Å²) in [5.74, 6) is -3.29. The van der Waals surface area contributed by atoms with Gasteiger partial charge in [0.25, 0.3) is 0 Å². The zero-order valence-electron chi connectivity index (χ0n) is 15.8. The van der Waals surface area contributed by atoms with Crippen molar-refractivity contribution in [2.75, 3.05) is 19.8 Å². The summed E-state index contributed by atoms with van der Waals surface area (Å²) < 4.78 is 9.92. The topological polar surface area (TPSA) is 90.0 Å². The summed E-state index contributed by atoms with van der Waals surface area (Å²) in [6.45, 7) is 5.73. The predicted octanol–water partition coefficient (Wildman–Crippen LogP) is 2.69. The number of imide groups is 1. The third-order valence-corrected chi connectivity index (χ3v) is 4.56. The molecular formula is C20H25NO6. The van der Waals surface area contributed by atoms with Gasteiger partial charge in [0.2, 0.25) is 5.91 Å². The van der Waals surface area contributed by atoms with E-state index in [9.17, 15) is 19.2 Å². The first-order valence-electron chi connectivity index (χ1n) is 9.09. The highest BCUT2D eigenvalue weighted by Gasteiger charge is 2.41. The molecule has 7 heteroatoms. The van der Waals surface area contributed by atoms with Gasteiger partial charge in [-0.1, -0.05) is 44.2 Å². The van der Waals surface area contributed by atoms with Gasteiger partial charge in [-0.15, -0.1) is 0 Å². The molecule has 1 fully saturated rings. The molecule has 27 heavy (non-hydrogen) atoms. The highest BCUT2D eigenvalue weighted by Crippen LogP contribution is 2.30. The Labute approximate surface area is 158 Å². The minimum absolute atomic E-state index is 0.130. The van der Waals surface area contributed by atoms with E-state index in [4.69, 9.17) is 9.47 Å². The van der Waals surface area contributed by atoms with Crippen LogP contribution < -0.4 is 0 Å². The van der Waals surface area contributed by atoms with Crippen molar-refractivity contribution in [3.05, 3.63) is 35.9 Å². The van der Waals surface area contributed by atoms with E-state index in [1.54, 1.807) is 37.3 Å². The van der Waals surface area contributed by atoms with Crippen molar-refractivity contribution in [2.24, 2.45) is 17.8 Å². The van der Waals surface area contributed by atoms with E-state index < -0.39 is 29.8 Å². The van der Waals surface area contributed by atoms with Crippen molar-refractivity contribution in [3.8, 4) is 0 Å². The highest BCUT2D eigenvalue weighted by molar-refractivity contribution is 6.01. The van der Waals surface area contributed by atoms with Gasteiger partial charge >= 0.3 is 12.1 Å². The number of hydrogen-bond donors (Lipinski definition) is 0. The molecule has 1 aromatic rings. The van der Waals surface area contributed by atoms with Crippen LogP contribution in [-0.2, 0) is 19.1 Å². The number of rotatable bonds is 8. The molecule has 2 amide bonds. The number of ketones is 1. The molecule has 0 N–H and O–H groups in total. The zero-order chi connectivity index (χ0) is 20.0. The normalized spacial score (nSPS) is 16.0. The summed E-state index contributed by atoms with van der Waals surface area (Å²) in [5, 5.41) is 0. The van der Waals surface area contributed by atoms with Crippen LogP contribution in [0.3, 0.4) is 0 Å². The van der Waals surface area contributed by atoms with Crippen LogP contribution in [0.1, 0.15) is 37.6 Å². The lowest BCUT2D eigenvalue weighted by molar-refractivity contribution is -0.152. The largest absolute Gasteiger partial charge is 0.466 e. The van der Waals surface area contributed by atoms with E-state index in [0.29, 0.717) is 5.56 Å². The number of hydrogen-bond acceptors (Lipinski definition) is 6. The molecule has 0 saturated carbocycles. The second-order valence-corrected chi connectivity index (χ2v) is 6.72. The molecule has 1 aromatic carbocycles. The lowest BCUT2D eigenvalue weighted by atomic mass is 9.76. The number of benzene rings is 1. The Kier molecular flexibility index (Phi) is 7.10. The molecule has 2 rings (SSSR count). The number of carbonyl (C=O) groups is 4. The number of cyclic esters (lactones) is 1. The maximum Gasteiger partial charge on any atom is 0.416 e. The molecule has 0 spiro atoms. The molecule has 0 aliphatic carbocycles. The summed E-state index contributed by atoms with van der Waals surface area (Å²) in [4.78, 5) is 50.9. The van der Waals surface area contributed by atoms with Crippen LogP contribution in [0.2, 0.25) is 0 Å². The fraction of sp³-hybridized carbons (Fsp3) is 0.500. The van der Waals surface area contributed by atoms with Crippen molar-refractivity contribution in [3.63, 3.8) is 0 Å². The van der Waals surface area contributed by atoms with Gasteiger partial charge < -0.3 is 9.47 Å². The number of Topliss-reactive ketones (excluding diaryl/α,β-unsaturated/α-hetero) is 1. The van der Waals surface area contributed by atoms with Crippen molar-refractivity contribution in [2.45, 2.75) is 27.2 Å². The van der Waals surface area contributed by atoms with Crippen LogP contribution in [0.5, 0.6) is 0 Å². The maximum atomic E-state index is 13.1. The number of amides is 2. The smallest absolute Gasteiger partial charge is 0.416 e. The molecule has 0 aromatic heterocycles. The second kappa shape index (κ2) is 9.30. The zero-order valence-corrected chi connectivity index (χ0v) is 15.8. The molecule has 0 bridgehead atoms. The van der Waals surface area contributed by atoms with Gasteiger partial charge in [0.15, 0.2) is 5.78 Å². The fourth-order valence-corrected chi connectivity index (χ4v) is 3.27. The van der Waals surface area contributed by atoms with Gasteiger partial charge in [-0.25, -0.2) is 9.69 Å². The van der Waals surface area contributed by atoms with Crippen LogP contribution >= 0.6 is 0 Å². The molecule has 0 radical (unpaired) electrons. The van der Waals surface area contributed by atoms with Gasteiger partial charge in [-0.2, -0.15) is 0 Å². The third-order valence-electron chi connectivity index (χ3n) is 4.56. The Morgan fingerprint density at radius 2 is 1.85 bits per heavy atom. The van der Waals surface area contributed by atoms with E-state index in [2.05, 4.69) is 0 Å². The molecule has 1 aliphatic heterocycles. The van der Waals surface area contributed by atoms with Gasteiger partial charge in [-0.05, 0) is 12.8 Å². The number of esters is 1. The molecule has 1 saturated heterocycles. The minimum atomic E-state index is -0.974. The molecule has 146 valence electrons. The van der Waals surface area contributed by atoms with Crippen LogP contribution in [0.15, 0.2) is 30.3 Å². The standard InChI is InChI=1S/C20H25NO6/c1-4-26-19(24)15(12-16(22)21-10-11-27-20(21)25)17(13(2)3)18(23)14-8-6-5-7-9-14/h5-9,13,15,17H,4,10-12H2,1-3H3/t15-,17-/m0/s1. The van der Waals surface area contributed by atoms with E-state index in [0.717, 1.165) is 4.90 Å². The number of nitrogens with zero attached hydrogens (tertiary/aromatic N) is 1. The van der Waals surface area contributed by atoms with Crippen LogP contribution in [0.25, 0.3) is 0 Å². The SMILES string of the molecule is CCOC(=O)[C@@H](CC(=O)N1CCOC1=O)[C@@H](C(=O)c1ccccc1)C(C)C. The molecular weight excluding hydrogens is 350 g/mol. The van der Waals surface area contributed by atoms with Gasteiger partial charge in [0.1, 0.15) is 6.61 Å². The summed E-state index contributed by atoms with van der Waals surface area (Å²) in [7, 11) is 0. The van der Waals surface area contributed by atoms with Gasteiger partial charge in [0, 0.05) is 17.9 Å². The minimum Gasteiger partial charge on any atom is -0.466 e. The lowest BCUT2D eigenvalue weighted by Crippen LogP contribution is -2.40. The predicted molar refractivity (Wildman–Crippen MR) is 96.9 cm³/mol. The van der Waals surface area contributed by atoms with E-state index in [1.165, 1.54) is 0 Å². The molecule has 0 unspecified atom stereocenters. The van der Waals surface area contributed by atoms with Gasteiger partial charge in [-0.3, -0.25) is 14.4 Å². The van der Waals surface area contributed by atoms with Crippen molar-refractivity contribution < 1.29 is 28.7 Å². The molecule has 1 heterocycles. The quantitative estimate of drug-likeness (QED) is 0.513. The van der Waals surface area contributed by atoms with E-state index in [1.807, 2.05) is 13.8 Å². The number of ether oxygens (including phenoxy) is 2. The first kappa shape index (κ1) is 20.6. The lowest BCUT2D eigenvalue weighted by Gasteiger charge is -2.28. The average Bonchev–Trinajstić information content (AvgIpc) is 3.07. The van der Waals surface area contributed by atoms with Crippen molar-refractivity contribution in [1.29, 1.82) is 0 Å². The Morgan fingerprint density at radius 3 is 2.37 bits per heavy atom. The van der Waals surface area contributed by atoms with Crippen LogP contribution in [0, 0.1) is 17.8 Å². The highest BCUT2D eigenvalue weighted by atomic mass is 16.6. The number of carbonyl (C=O) groups excluding carboxylic acids is 4. The molecule has 7 nitrogen and oxygen atoms in total. The summed E-state index contributed by atoms with van der Waals surface area (Å²) in [6, 6.07) is 8.65. The van der Waals surface area contributed by atoms with Crippen molar-refractivity contribution in [1.82, 2.24) is 4.90 Å². The maximum absolute atomic E-state index is 13.1. The summed E-state index contributed by atoms with van der Waals surface area (Å²) in [6.07, 6.45) is -1.01. The van der Waals surface area contributed by atoms with Crippen molar-refractivity contribution >= 4 is 23.8 Å². The molecule has 1 aliphatic rings. The average molecular weight is 375 g/mol. The van der Waals surface area contributed by atoms with Crippen LogP contribution in [0.4, 0.5) is 4.79 Å². The Morgan fingerprint density at radius 1 is 1.19 bits per heavy atom. The van der Waals surface area contributed by atoms with Gasteiger partial charge in [0.05, 0.1) is 19.1 Å². The fourth-order valence-electron chi connectivity index (χ4n) is 3.27. The Bertz CT molecular complexity index is 700. The monoisotopic (exact) mass is 375 g/mol. The second-order valence-electron chi connectivity index (χ2n) is 6.72. The first-order chi connectivity index (χ1) is 12.9. The summed E-state index contributed by atoms with van der Waals surface area (Å²) in [5.41, 5.74) is 0.471.